The third-order valence-electron chi connectivity index (χ3n) is 5.72. The molecule has 1 saturated heterocycles. The van der Waals surface area contributed by atoms with Crippen molar-refractivity contribution in [3.63, 3.8) is 0 Å². The number of urea groups is 1. The van der Waals surface area contributed by atoms with Gasteiger partial charge in [-0.05, 0) is 36.8 Å². The van der Waals surface area contributed by atoms with Crippen LogP contribution in [0.15, 0.2) is 72.8 Å². The van der Waals surface area contributed by atoms with Crippen molar-refractivity contribution in [1.82, 2.24) is 4.90 Å². The van der Waals surface area contributed by atoms with Gasteiger partial charge in [-0.1, -0.05) is 60.4 Å². The lowest BCUT2D eigenvalue weighted by Gasteiger charge is -2.45. The molecule has 0 saturated carbocycles. The summed E-state index contributed by atoms with van der Waals surface area (Å²) in [6.45, 7) is 1.75. The molecular formula is C26H20F2N2O2. The minimum Gasteiger partial charge on any atom is -0.317 e. The minimum absolute atomic E-state index is 0.104. The number of nitrogens with zero attached hydrogens (tertiary/aromatic N) is 2. The molecule has 0 N–H and O–H groups in total. The van der Waals surface area contributed by atoms with Gasteiger partial charge in [0, 0.05) is 18.2 Å². The lowest BCUT2D eigenvalue weighted by atomic mass is 9.85. The fourth-order valence-electron chi connectivity index (χ4n) is 3.79. The van der Waals surface area contributed by atoms with Crippen molar-refractivity contribution >= 4 is 17.6 Å². The molecule has 160 valence electrons. The standard InChI is InChI=1S/C26H20F2N2O2/c1-26(20-11-7-4-8-12-20)17-23(31)30(25(32)29(26)2)24-21(27)15-19(16-22(24)28)14-13-18-9-5-3-6-10-18/h3-12,15-16H,17H2,1-2H3. The molecule has 4 rings (SSSR count). The van der Waals surface area contributed by atoms with Crippen LogP contribution in [0.1, 0.15) is 30.0 Å². The van der Waals surface area contributed by atoms with Gasteiger partial charge in [0.25, 0.3) is 0 Å². The van der Waals surface area contributed by atoms with E-state index in [0.29, 0.717) is 10.5 Å². The topological polar surface area (TPSA) is 40.6 Å². The first-order chi connectivity index (χ1) is 15.3. The zero-order valence-electron chi connectivity index (χ0n) is 17.6. The highest BCUT2D eigenvalue weighted by Crippen LogP contribution is 2.39. The van der Waals surface area contributed by atoms with Crippen LogP contribution in [0, 0.1) is 23.5 Å². The molecule has 1 aliphatic heterocycles. The van der Waals surface area contributed by atoms with E-state index in [4.69, 9.17) is 0 Å². The van der Waals surface area contributed by atoms with E-state index in [9.17, 15) is 18.4 Å². The number of hydrogen-bond acceptors (Lipinski definition) is 2. The highest BCUT2D eigenvalue weighted by atomic mass is 19.1. The van der Waals surface area contributed by atoms with Crippen molar-refractivity contribution in [1.29, 1.82) is 0 Å². The number of hydrogen-bond donors (Lipinski definition) is 0. The molecule has 0 aliphatic carbocycles. The second-order valence-corrected chi connectivity index (χ2v) is 7.79. The summed E-state index contributed by atoms with van der Waals surface area (Å²) in [5.41, 5.74) is -0.0591. The SMILES string of the molecule is CN1C(=O)N(c2c(F)cc(C#Cc3ccccc3)cc2F)C(=O)CC1(C)c1ccccc1. The summed E-state index contributed by atoms with van der Waals surface area (Å²) in [6.07, 6.45) is -0.117. The Hall–Kier alpha value is -3.98. The third kappa shape index (κ3) is 3.74. The largest absolute Gasteiger partial charge is 0.332 e. The fourth-order valence-corrected chi connectivity index (χ4v) is 3.79. The Labute approximate surface area is 185 Å². The molecule has 0 bridgehead atoms. The van der Waals surface area contributed by atoms with Gasteiger partial charge in [0.05, 0.1) is 12.0 Å². The van der Waals surface area contributed by atoms with Crippen LogP contribution >= 0.6 is 0 Å². The maximum absolute atomic E-state index is 14.9. The maximum Gasteiger partial charge on any atom is 0.332 e. The Morgan fingerprint density at radius 3 is 1.97 bits per heavy atom. The summed E-state index contributed by atoms with van der Waals surface area (Å²) in [5, 5.41) is 0. The first-order valence-electron chi connectivity index (χ1n) is 10.0. The van der Waals surface area contributed by atoms with E-state index >= 15 is 0 Å². The van der Waals surface area contributed by atoms with Crippen molar-refractivity contribution in [3.05, 3.63) is 101 Å². The van der Waals surface area contributed by atoms with Gasteiger partial charge in [-0.2, -0.15) is 0 Å². The zero-order valence-corrected chi connectivity index (χ0v) is 17.6. The van der Waals surface area contributed by atoms with Crippen molar-refractivity contribution in [2.24, 2.45) is 0 Å². The van der Waals surface area contributed by atoms with Gasteiger partial charge in [0.1, 0.15) is 5.69 Å². The van der Waals surface area contributed by atoms with E-state index in [-0.39, 0.29) is 12.0 Å². The molecule has 3 amide bonds. The van der Waals surface area contributed by atoms with Crippen molar-refractivity contribution < 1.29 is 18.4 Å². The Morgan fingerprint density at radius 2 is 1.38 bits per heavy atom. The number of amides is 3. The second-order valence-electron chi connectivity index (χ2n) is 7.79. The molecule has 0 aromatic heterocycles. The number of carbonyl (C=O) groups is 2. The molecule has 3 aromatic carbocycles. The van der Waals surface area contributed by atoms with Crippen LogP contribution in [-0.2, 0) is 10.3 Å². The average molecular weight is 430 g/mol. The van der Waals surface area contributed by atoms with E-state index in [2.05, 4.69) is 11.8 Å². The van der Waals surface area contributed by atoms with Crippen LogP contribution in [0.4, 0.5) is 19.3 Å². The fraction of sp³-hybridized carbons (Fsp3) is 0.154. The Balaban J connectivity index is 1.68. The average Bonchev–Trinajstić information content (AvgIpc) is 2.79. The van der Waals surface area contributed by atoms with Crippen LogP contribution in [0.25, 0.3) is 0 Å². The molecular weight excluding hydrogens is 410 g/mol. The van der Waals surface area contributed by atoms with Crippen LogP contribution in [-0.4, -0.2) is 23.9 Å². The van der Waals surface area contributed by atoms with E-state index in [0.717, 1.165) is 17.7 Å². The van der Waals surface area contributed by atoms with Gasteiger partial charge in [0.2, 0.25) is 5.91 Å². The summed E-state index contributed by atoms with van der Waals surface area (Å²) >= 11 is 0. The summed E-state index contributed by atoms with van der Waals surface area (Å²) < 4.78 is 29.9. The Kier molecular flexibility index (Phi) is 5.50. The summed E-state index contributed by atoms with van der Waals surface area (Å²) in [7, 11) is 1.52. The number of benzene rings is 3. The molecule has 4 nitrogen and oxygen atoms in total. The van der Waals surface area contributed by atoms with Crippen LogP contribution in [0.3, 0.4) is 0 Å². The third-order valence-corrected chi connectivity index (χ3v) is 5.72. The minimum atomic E-state index is -1.03. The monoisotopic (exact) mass is 430 g/mol. The molecule has 6 heteroatoms. The molecule has 1 atom stereocenters. The smallest absolute Gasteiger partial charge is 0.317 e. The lowest BCUT2D eigenvalue weighted by molar-refractivity contribution is -0.122. The van der Waals surface area contributed by atoms with E-state index in [1.807, 2.05) is 48.5 Å². The highest BCUT2D eigenvalue weighted by Gasteiger charge is 2.47. The molecule has 0 radical (unpaired) electrons. The first-order valence-corrected chi connectivity index (χ1v) is 10.0. The summed E-state index contributed by atoms with van der Waals surface area (Å²) in [5.74, 6) is 2.80. The molecule has 1 unspecified atom stereocenters. The van der Waals surface area contributed by atoms with E-state index < -0.39 is 34.8 Å². The number of rotatable bonds is 2. The Morgan fingerprint density at radius 1 is 0.844 bits per heavy atom. The van der Waals surface area contributed by atoms with Gasteiger partial charge in [-0.25, -0.2) is 18.5 Å². The number of halogens is 2. The molecule has 32 heavy (non-hydrogen) atoms. The maximum atomic E-state index is 14.9. The molecule has 1 heterocycles. The van der Waals surface area contributed by atoms with Crippen molar-refractivity contribution in [2.45, 2.75) is 18.9 Å². The summed E-state index contributed by atoms with van der Waals surface area (Å²) in [6, 6.07) is 19.3. The second kappa shape index (κ2) is 8.27. The predicted molar refractivity (Wildman–Crippen MR) is 118 cm³/mol. The van der Waals surface area contributed by atoms with Crippen molar-refractivity contribution in [2.75, 3.05) is 11.9 Å². The molecule has 3 aromatic rings. The summed E-state index contributed by atoms with van der Waals surface area (Å²) in [4.78, 5) is 28.0. The number of imide groups is 1. The van der Waals surface area contributed by atoms with Gasteiger partial charge in [-0.15, -0.1) is 0 Å². The molecule has 0 spiro atoms. The predicted octanol–water partition coefficient (Wildman–Crippen LogP) is 5.07. The molecule has 1 fully saturated rings. The lowest BCUT2D eigenvalue weighted by Crippen LogP contribution is -2.60. The zero-order chi connectivity index (χ0) is 22.9. The van der Waals surface area contributed by atoms with Crippen molar-refractivity contribution in [3.8, 4) is 11.8 Å². The Bertz CT molecular complexity index is 1230. The van der Waals surface area contributed by atoms with Crippen LogP contribution < -0.4 is 4.90 Å². The van der Waals surface area contributed by atoms with E-state index in [1.54, 1.807) is 19.1 Å². The van der Waals surface area contributed by atoms with Gasteiger partial charge < -0.3 is 4.90 Å². The van der Waals surface area contributed by atoms with Gasteiger partial charge in [0.15, 0.2) is 11.6 Å². The van der Waals surface area contributed by atoms with Gasteiger partial charge in [-0.3, -0.25) is 4.79 Å². The number of anilines is 1. The van der Waals surface area contributed by atoms with Crippen LogP contribution in [0.5, 0.6) is 0 Å². The number of carbonyl (C=O) groups excluding carboxylic acids is 2. The first kappa shape index (κ1) is 21.3. The van der Waals surface area contributed by atoms with Gasteiger partial charge >= 0.3 is 6.03 Å². The van der Waals surface area contributed by atoms with E-state index in [1.165, 1.54) is 11.9 Å². The quantitative estimate of drug-likeness (QED) is 0.533. The highest BCUT2D eigenvalue weighted by molar-refractivity contribution is 6.16. The normalized spacial score (nSPS) is 18.4. The molecule has 1 aliphatic rings. The van der Waals surface area contributed by atoms with Crippen LogP contribution in [0.2, 0.25) is 0 Å².